The summed E-state index contributed by atoms with van der Waals surface area (Å²) in [5, 5.41) is 5.27. The van der Waals surface area contributed by atoms with Crippen molar-refractivity contribution in [3.8, 4) is 0 Å². The number of rotatable bonds is 6. The summed E-state index contributed by atoms with van der Waals surface area (Å²) in [4.78, 5) is 53.1. The minimum atomic E-state index is -0.638. The van der Waals surface area contributed by atoms with E-state index in [1.807, 2.05) is 30.3 Å². The van der Waals surface area contributed by atoms with E-state index in [1.165, 1.54) is 4.90 Å². The number of hydrogen-bond acceptors (Lipinski definition) is 6. The third-order valence-electron chi connectivity index (χ3n) is 6.74. The van der Waals surface area contributed by atoms with E-state index in [2.05, 4.69) is 15.5 Å². The molecular weight excluding hydrogens is 448 g/mol. The molecule has 2 fully saturated rings. The molecule has 2 saturated heterocycles. The molecule has 0 spiro atoms. The van der Waals surface area contributed by atoms with Gasteiger partial charge in [0.05, 0.1) is 13.2 Å². The lowest BCUT2D eigenvalue weighted by Gasteiger charge is -2.29. The maximum absolute atomic E-state index is 12.8. The van der Waals surface area contributed by atoms with Gasteiger partial charge in [0.2, 0.25) is 11.8 Å². The third-order valence-corrected chi connectivity index (χ3v) is 6.74. The van der Waals surface area contributed by atoms with E-state index >= 15 is 0 Å². The summed E-state index contributed by atoms with van der Waals surface area (Å²) in [7, 11) is 0. The minimum Gasteiger partial charge on any atom is -0.379 e. The molecule has 0 radical (unpaired) electrons. The second-order valence-corrected chi connectivity index (χ2v) is 9.16. The Morgan fingerprint density at radius 3 is 2.69 bits per heavy atom. The monoisotopic (exact) mass is 476 g/mol. The minimum absolute atomic E-state index is 0.157. The van der Waals surface area contributed by atoms with Crippen molar-refractivity contribution in [3.05, 3.63) is 70.3 Å². The molecule has 5 rings (SSSR count). The number of imide groups is 1. The van der Waals surface area contributed by atoms with Gasteiger partial charge in [-0.05, 0) is 41.3 Å². The molecular formula is C26H28N4O5. The van der Waals surface area contributed by atoms with Crippen molar-refractivity contribution in [2.75, 3.05) is 26.3 Å². The maximum Gasteiger partial charge on any atom is 0.255 e. The summed E-state index contributed by atoms with van der Waals surface area (Å²) in [6.07, 6.45) is 0.555. The van der Waals surface area contributed by atoms with E-state index < -0.39 is 11.9 Å². The second-order valence-electron chi connectivity index (χ2n) is 9.16. The Morgan fingerprint density at radius 1 is 1.06 bits per heavy atom. The van der Waals surface area contributed by atoms with E-state index in [-0.39, 0.29) is 24.1 Å². The number of nitrogens with zero attached hydrogens (tertiary/aromatic N) is 2. The molecule has 0 bridgehead atoms. The molecule has 0 saturated carbocycles. The molecule has 2 aromatic carbocycles. The van der Waals surface area contributed by atoms with Crippen LogP contribution in [0.3, 0.4) is 0 Å². The Bertz CT molecular complexity index is 1170. The Balaban J connectivity index is 1.20. The van der Waals surface area contributed by atoms with E-state index in [0.29, 0.717) is 30.6 Å². The van der Waals surface area contributed by atoms with Gasteiger partial charge in [-0.1, -0.05) is 24.3 Å². The van der Waals surface area contributed by atoms with Crippen LogP contribution in [0.25, 0.3) is 0 Å². The number of carbonyl (C=O) groups excluding carboxylic acids is 4. The maximum atomic E-state index is 12.8. The molecule has 182 valence electrons. The molecule has 35 heavy (non-hydrogen) atoms. The quantitative estimate of drug-likeness (QED) is 0.607. The van der Waals surface area contributed by atoms with Gasteiger partial charge in [-0.2, -0.15) is 0 Å². The number of ether oxygens (including phenoxy) is 1. The van der Waals surface area contributed by atoms with E-state index in [0.717, 1.165) is 49.5 Å². The van der Waals surface area contributed by atoms with Crippen molar-refractivity contribution in [2.45, 2.75) is 38.5 Å². The molecule has 9 heteroatoms. The summed E-state index contributed by atoms with van der Waals surface area (Å²) in [6.45, 7) is 4.66. The lowest BCUT2D eigenvalue weighted by Crippen LogP contribution is -2.52. The summed E-state index contributed by atoms with van der Waals surface area (Å²) in [6, 6.07) is 12.5. The lowest BCUT2D eigenvalue weighted by atomic mass is 10.0. The number of morpholine rings is 1. The lowest BCUT2D eigenvalue weighted by molar-refractivity contribution is -0.136. The fourth-order valence-corrected chi connectivity index (χ4v) is 4.85. The average molecular weight is 477 g/mol. The molecule has 1 unspecified atom stereocenters. The second kappa shape index (κ2) is 9.97. The summed E-state index contributed by atoms with van der Waals surface area (Å²) in [5.74, 6) is -1.09. The summed E-state index contributed by atoms with van der Waals surface area (Å²) >= 11 is 0. The molecule has 3 aliphatic heterocycles. The molecule has 3 aliphatic rings. The molecule has 0 aliphatic carbocycles. The zero-order valence-electron chi connectivity index (χ0n) is 19.4. The van der Waals surface area contributed by atoms with Gasteiger partial charge in [0.15, 0.2) is 0 Å². The van der Waals surface area contributed by atoms with Crippen molar-refractivity contribution in [1.82, 2.24) is 20.4 Å². The van der Waals surface area contributed by atoms with Crippen LogP contribution in [0.5, 0.6) is 0 Å². The van der Waals surface area contributed by atoms with E-state index in [1.54, 1.807) is 12.1 Å². The Labute approximate surface area is 203 Å². The first-order valence-corrected chi connectivity index (χ1v) is 11.9. The third kappa shape index (κ3) is 5.11. The molecule has 0 aromatic heterocycles. The van der Waals surface area contributed by atoms with Crippen LogP contribution in [0.1, 0.15) is 50.2 Å². The number of nitrogens with one attached hydrogen (secondary N) is 2. The fourth-order valence-electron chi connectivity index (χ4n) is 4.85. The van der Waals surface area contributed by atoms with Crippen LogP contribution in [0.4, 0.5) is 0 Å². The first-order chi connectivity index (χ1) is 17.0. The number of amides is 4. The van der Waals surface area contributed by atoms with Gasteiger partial charge >= 0.3 is 0 Å². The standard InChI is InChI=1S/C26H28N4O5/c31-23-7-6-22(25(33)28-23)30-16-20-12-17(4-5-21(20)26(30)34)14-27-24(32)19-3-1-2-18(13-19)15-29-8-10-35-11-9-29/h1-5,12-13,22H,6-11,14-16H2,(H,27,32)(H,28,31,33). The van der Waals surface area contributed by atoms with Crippen molar-refractivity contribution < 1.29 is 23.9 Å². The number of carbonyl (C=O) groups is 4. The van der Waals surface area contributed by atoms with E-state index in [9.17, 15) is 19.2 Å². The topological polar surface area (TPSA) is 108 Å². The normalized spacial score (nSPS) is 20.5. The van der Waals surface area contributed by atoms with Crippen molar-refractivity contribution in [3.63, 3.8) is 0 Å². The zero-order chi connectivity index (χ0) is 24.4. The Kier molecular flexibility index (Phi) is 6.61. The van der Waals surface area contributed by atoms with Crippen LogP contribution in [-0.2, 0) is 34.0 Å². The van der Waals surface area contributed by atoms with Gasteiger partial charge in [0.25, 0.3) is 11.8 Å². The zero-order valence-corrected chi connectivity index (χ0v) is 19.4. The first kappa shape index (κ1) is 23.2. The number of piperidine rings is 1. The fraction of sp³-hybridized carbons (Fsp3) is 0.385. The van der Waals surface area contributed by atoms with Gasteiger partial charge in [0.1, 0.15) is 6.04 Å². The van der Waals surface area contributed by atoms with Crippen LogP contribution in [0.2, 0.25) is 0 Å². The van der Waals surface area contributed by atoms with Crippen LogP contribution in [-0.4, -0.2) is 65.8 Å². The molecule has 2 N–H and O–H groups in total. The smallest absolute Gasteiger partial charge is 0.255 e. The van der Waals surface area contributed by atoms with Gasteiger partial charge < -0.3 is 15.0 Å². The van der Waals surface area contributed by atoms with Crippen LogP contribution in [0, 0.1) is 0 Å². The summed E-state index contributed by atoms with van der Waals surface area (Å²) < 4.78 is 5.40. The largest absolute Gasteiger partial charge is 0.379 e. The first-order valence-electron chi connectivity index (χ1n) is 11.9. The molecule has 2 aromatic rings. The molecule has 4 amide bonds. The predicted molar refractivity (Wildman–Crippen MR) is 126 cm³/mol. The average Bonchev–Trinajstić information content (AvgIpc) is 3.18. The van der Waals surface area contributed by atoms with Crippen LogP contribution >= 0.6 is 0 Å². The Hall–Kier alpha value is -3.56. The van der Waals surface area contributed by atoms with Crippen LogP contribution < -0.4 is 10.6 Å². The highest BCUT2D eigenvalue weighted by molar-refractivity contribution is 6.05. The Morgan fingerprint density at radius 2 is 1.89 bits per heavy atom. The molecule has 1 atom stereocenters. The van der Waals surface area contributed by atoms with E-state index in [4.69, 9.17) is 4.74 Å². The molecule has 9 nitrogen and oxygen atoms in total. The van der Waals surface area contributed by atoms with Crippen molar-refractivity contribution >= 4 is 23.6 Å². The number of hydrogen-bond donors (Lipinski definition) is 2. The van der Waals surface area contributed by atoms with Crippen molar-refractivity contribution in [1.29, 1.82) is 0 Å². The predicted octanol–water partition coefficient (Wildman–Crippen LogP) is 1.21. The highest BCUT2D eigenvalue weighted by atomic mass is 16.5. The highest BCUT2D eigenvalue weighted by Crippen LogP contribution is 2.28. The van der Waals surface area contributed by atoms with Crippen LogP contribution in [0.15, 0.2) is 42.5 Å². The number of benzene rings is 2. The van der Waals surface area contributed by atoms with Crippen molar-refractivity contribution in [2.24, 2.45) is 0 Å². The van der Waals surface area contributed by atoms with Gasteiger partial charge in [0, 0.05) is 50.3 Å². The summed E-state index contributed by atoms with van der Waals surface area (Å²) in [5.41, 5.74) is 3.94. The SMILES string of the molecule is O=C1CCC(N2Cc3cc(CNC(=O)c4cccc(CN5CCOCC5)c4)ccc3C2=O)C(=O)N1. The van der Waals surface area contributed by atoms with Gasteiger partial charge in [-0.3, -0.25) is 29.4 Å². The number of fused-ring (bicyclic) bond motifs is 1. The van der Waals surface area contributed by atoms with Gasteiger partial charge in [-0.25, -0.2) is 0 Å². The van der Waals surface area contributed by atoms with Gasteiger partial charge in [-0.15, -0.1) is 0 Å². The molecule has 3 heterocycles. The highest BCUT2D eigenvalue weighted by Gasteiger charge is 2.39.